The summed E-state index contributed by atoms with van der Waals surface area (Å²) in [7, 11) is 0. The monoisotopic (exact) mass is 453 g/mol. The molecule has 2 aromatic heterocycles. The first-order valence-corrected chi connectivity index (χ1v) is 7.92. The van der Waals surface area contributed by atoms with Crippen LogP contribution in [0.5, 0.6) is 11.6 Å². The molecular weight excluding hydrogens is 446 g/mol. The predicted octanol–water partition coefficient (Wildman–Crippen LogP) is 4.03. The molecule has 164 valence electrons. The van der Waals surface area contributed by atoms with Gasteiger partial charge in [-0.15, -0.1) is 0 Å². The van der Waals surface area contributed by atoms with Crippen molar-refractivity contribution in [3.05, 3.63) is 80.3 Å². The Bertz CT molecular complexity index is 1230. The van der Waals surface area contributed by atoms with Crippen LogP contribution >= 0.6 is 0 Å². The molecule has 0 amide bonds. The van der Waals surface area contributed by atoms with E-state index in [-0.39, 0.29) is 16.7 Å². The number of hydrogen-bond acceptors (Lipinski definition) is 4. The minimum absolute atomic E-state index is 0.0504. The summed E-state index contributed by atoms with van der Waals surface area (Å²) in [6.07, 6.45) is -9.16. The lowest BCUT2D eigenvalue weighted by atomic mass is 10.2. The van der Waals surface area contributed by atoms with Crippen molar-refractivity contribution in [3.63, 3.8) is 0 Å². The number of alkyl halides is 6. The first kappa shape index (κ1) is 22.0. The van der Waals surface area contributed by atoms with Crippen LogP contribution in [0.4, 0.5) is 35.1 Å². The number of hydrogen-bond donors (Lipinski definition) is 1. The van der Waals surface area contributed by atoms with E-state index in [2.05, 4.69) is 4.98 Å². The zero-order valence-electron chi connectivity index (χ0n) is 14.6. The van der Waals surface area contributed by atoms with Crippen molar-refractivity contribution in [3.8, 4) is 17.3 Å². The minimum atomic E-state index is -5.10. The fraction of sp³-hybridized carbons (Fsp3) is 0.118. The van der Waals surface area contributed by atoms with Gasteiger partial charge in [0.1, 0.15) is 11.3 Å². The number of rotatable bonds is 3. The standard InChI is InChI=1S/C17H7F8N3O3/c18-8-4-9(19)11(31-14-7(16(20,21)22)2-1-3-26-14)5-10(8)28-13(29)6-12(17(23,24)25)27-15(28)30/h1-6H,(H,27,30). The molecule has 0 saturated carbocycles. The van der Waals surface area contributed by atoms with Crippen molar-refractivity contribution in [1.29, 1.82) is 0 Å². The van der Waals surface area contributed by atoms with E-state index in [1.165, 1.54) is 4.98 Å². The van der Waals surface area contributed by atoms with Crippen molar-refractivity contribution in [2.24, 2.45) is 0 Å². The smallest absolute Gasteiger partial charge is 0.431 e. The molecule has 3 rings (SSSR count). The zero-order valence-corrected chi connectivity index (χ0v) is 14.6. The second-order valence-electron chi connectivity index (χ2n) is 5.85. The first-order valence-electron chi connectivity index (χ1n) is 7.92. The van der Waals surface area contributed by atoms with Crippen LogP contribution in [-0.4, -0.2) is 14.5 Å². The lowest BCUT2D eigenvalue weighted by Gasteiger charge is -2.14. The van der Waals surface area contributed by atoms with Gasteiger partial charge in [0.15, 0.2) is 17.4 Å². The topological polar surface area (TPSA) is 77.0 Å². The second-order valence-corrected chi connectivity index (χ2v) is 5.85. The Morgan fingerprint density at radius 1 is 0.935 bits per heavy atom. The summed E-state index contributed by atoms with van der Waals surface area (Å²) in [4.78, 5) is 28.6. The van der Waals surface area contributed by atoms with Crippen molar-refractivity contribution in [1.82, 2.24) is 14.5 Å². The summed E-state index contributed by atoms with van der Waals surface area (Å²) in [5.74, 6) is -5.31. The fourth-order valence-corrected chi connectivity index (χ4v) is 2.44. The number of nitrogens with one attached hydrogen (secondary N) is 1. The number of benzene rings is 1. The summed E-state index contributed by atoms with van der Waals surface area (Å²) in [6.45, 7) is 0. The number of halogens is 8. The van der Waals surface area contributed by atoms with E-state index in [9.17, 15) is 44.7 Å². The predicted molar refractivity (Wildman–Crippen MR) is 86.9 cm³/mol. The number of aromatic amines is 1. The molecule has 2 heterocycles. The Balaban J connectivity index is 2.15. The van der Waals surface area contributed by atoms with Crippen LogP contribution in [0.3, 0.4) is 0 Å². The molecule has 0 aliphatic rings. The number of nitrogens with zero attached hydrogens (tertiary/aromatic N) is 2. The summed E-state index contributed by atoms with van der Waals surface area (Å²) in [6, 6.07) is 1.85. The van der Waals surface area contributed by atoms with Gasteiger partial charge in [0.25, 0.3) is 5.56 Å². The Labute approximate surface area is 165 Å². The Kier molecular flexibility index (Phi) is 5.33. The molecule has 0 saturated heterocycles. The van der Waals surface area contributed by atoms with Crippen LogP contribution in [0.25, 0.3) is 5.69 Å². The third-order valence-electron chi connectivity index (χ3n) is 3.76. The van der Waals surface area contributed by atoms with Gasteiger partial charge in [-0.25, -0.2) is 23.1 Å². The van der Waals surface area contributed by atoms with Gasteiger partial charge in [-0.2, -0.15) is 26.3 Å². The Morgan fingerprint density at radius 3 is 2.19 bits per heavy atom. The molecule has 0 atom stereocenters. The molecular formula is C17H7F8N3O3. The highest BCUT2D eigenvalue weighted by molar-refractivity contribution is 5.44. The van der Waals surface area contributed by atoms with E-state index in [1.807, 2.05) is 0 Å². The Morgan fingerprint density at radius 2 is 1.61 bits per heavy atom. The van der Waals surface area contributed by atoms with Gasteiger partial charge in [0.05, 0.1) is 5.69 Å². The Hall–Kier alpha value is -3.71. The van der Waals surface area contributed by atoms with E-state index in [0.717, 1.165) is 12.3 Å². The molecule has 6 nitrogen and oxygen atoms in total. The highest BCUT2D eigenvalue weighted by Gasteiger charge is 2.36. The van der Waals surface area contributed by atoms with Crippen molar-refractivity contribution < 1.29 is 39.9 Å². The van der Waals surface area contributed by atoms with Gasteiger partial charge in [-0.1, -0.05) is 0 Å². The number of ether oxygens (including phenoxy) is 1. The molecule has 0 unspecified atom stereocenters. The van der Waals surface area contributed by atoms with Gasteiger partial charge in [-0.3, -0.25) is 4.79 Å². The highest BCUT2D eigenvalue weighted by Crippen LogP contribution is 2.37. The lowest BCUT2D eigenvalue weighted by molar-refractivity contribution is -0.141. The molecule has 0 fully saturated rings. The van der Waals surface area contributed by atoms with Crippen LogP contribution in [0.15, 0.2) is 46.1 Å². The first-order chi connectivity index (χ1) is 14.3. The average molecular weight is 453 g/mol. The second kappa shape index (κ2) is 7.52. The maximum absolute atomic E-state index is 14.2. The van der Waals surface area contributed by atoms with Gasteiger partial charge in [-0.05, 0) is 12.1 Å². The van der Waals surface area contributed by atoms with Crippen LogP contribution in [0, 0.1) is 11.6 Å². The summed E-state index contributed by atoms with van der Waals surface area (Å²) >= 11 is 0. The minimum Gasteiger partial charge on any atom is -0.435 e. The van der Waals surface area contributed by atoms with Gasteiger partial charge < -0.3 is 9.72 Å². The molecule has 0 radical (unpaired) electrons. The molecule has 0 spiro atoms. The van der Waals surface area contributed by atoms with Crippen LogP contribution < -0.4 is 16.0 Å². The molecule has 0 aliphatic carbocycles. The van der Waals surface area contributed by atoms with Gasteiger partial charge >= 0.3 is 18.0 Å². The molecule has 3 aromatic rings. The SMILES string of the molecule is O=c1cc(C(F)(F)F)[nH]c(=O)n1-c1cc(Oc2ncccc2C(F)(F)F)c(F)cc1F. The summed E-state index contributed by atoms with van der Waals surface area (Å²) in [5.41, 5.74) is -7.57. The van der Waals surface area contributed by atoms with E-state index in [0.29, 0.717) is 12.1 Å². The number of H-pyrrole nitrogens is 1. The molecule has 31 heavy (non-hydrogen) atoms. The zero-order chi connectivity index (χ0) is 23.1. The van der Waals surface area contributed by atoms with E-state index < -0.39 is 63.8 Å². The van der Waals surface area contributed by atoms with Crippen molar-refractivity contribution in [2.45, 2.75) is 12.4 Å². The van der Waals surface area contributed by atoms with Gasteiger partial charge in [0, 0.05) is 24.4 Å². The quantitative estimate of drug-likeness (QED) is 0.608. The molecule has 1 N–H and O–H groups in total. The van der Waals surface area contributed by atoms with Crippen LogP contribution in [0.2, 0.25) is 0 Å². The fourth-order valence-electron chi connectivity index (χ4n) is 2.44. The highest BCUT2D eigenvalue weighted by atomic mass is 19.4. The summed E-state index contributed by atoms with van der Waals surface area (Å²) < 4.78 is 110. The van der Waals surface area contributed by atoms with Crippen molar-refractivity contribution >= 4 is 0 Å². The maximum atomic E-state index is 14.2. The van der Waals surface area contributed by atoms with Crippen LogP contribution in [0.1, 0.15) is 11.3 Å². The van der Waals surface area contributed by atoms with E-state index in [4.69, 9.17) is 4.74 Å². The van der Waals surface area contributed by atoms with Crippen molar-refractivity contribution in [2.75, 3.05) is 0 Å². The molecule has 14 heteroatoms. The van der Waals surface area contributed by atoms with Crippen LogP contribution in [-0.2, 0) is 12.4 Å². The van der Waals surface area contributed by atoms with Gasteiger partial charge in [0.2, 0.25) is 5.88 Å². The number of aromatic nitrogens is 3. The lowest BCUT2D eigenvalue weighted by Crippen LogP contribution is -2.36. The normalized spacial score (nSPS) is 12.1. The largest absolute Gasteiger partial charge is 0.435 e. The molecule has 0 bridgehead atoms. The third kappa shape index (κ3) is 4.41. The summed E-state index contributed by atoms with van der Waals surface area (Å²) in [5, 5.41) is 0. The maximum Gasteiger partial charge on any atom is 0.431 e. The third-order valence-corrected chi connectivity index (χ3v) is 3.76. The molecule has 1 aromatic carbocycles. The van der Waals surface area contributed by atoms with E-state index >= 15 is 0 Å². The average Bonchev–Trinajstić information content (AvgIpc) is 2.63. The van der Waals surface area contributed by atoms with E-state index in [1.54, 1.807) is 0 Å². The molecule has 0 aliphatic heterocycles. The number of pyridine rings is 1.